The maximum absolute atomic E-state index is 9.30. The molecule has 0 N–H and O–H groups in total. The molecule has 3 heterocycles. The number of rotatable bonds is 3. The maximum Gasteiger partial charge on any atom is 0.234 e. The highest BCUT2D eigenvalue weighted by molar-refractivity contribution is 9.10. The van der Waals surface area contributed by atoms with Crippen LogP contribution in [0.1, 0.15) is 37.9 Å². The fourth-order valence-electron chi connectivity index (χ4n) is 3.60. The molecule has 0 amide bonds. The van der Waals surface area contributed by atoms with Crippen molar-refractivity contribution >= 4 is 38.7 Å². The van der Waals surface area contributed by atoms with Crippen molar-refractivity contribution in [1.29, 1.82) is 5.26 Å². The van der Waals surface area contributed by atoms with Crippen LogP contribution in [0.2, 0.25) is 5.02 Å². The molecule has 1 fully saturated rings. The lowest BCUT2D eigenvalue weighted by molar-refractivity contribution is 0.320. The Morgan fingerprint density at radius 2 is 2.00 bits per heavy atom. The minimum atomic E-state index is 0.0855. The molecule has 4 rings (SSSR count). The van der Waals surface area contributed by atoms with Crippen LogP contribution in [0.5, 0.6) is 0 Å². The summed E-state index contributed by atoms with van der Waals surface area (Å²) in [6.45, 7) is 0.855. The monoisotopic (exact) mass is 430 g/mol. The summed E-state index contributed by atoms with van der Waals surface area (Å²) in [5.41, 5.74) is 2.70. The first kappa shape index (κ1) is 17.4. The molecule has 0 unspecified atom stereocenters. The molecule has 0 atom stereocenters. The Labute approximate surface area is 164 Å². The van der Waals surface area contributed by atoms with Crippen LogP contribution in [-0.4, -0.2) is 24.5 Å². The Bertz CT molecular complexity index is 1000. The minimum absolute atomic E-state index is 0.0855. The molecule has 132 valence electrons. The predicted molar refractivity (Wildman–Crippen MR) is 103 cm³/mol. The van der Waals surface area contributed by atoms with Crippen molar-refractivity contribution in [3.05, 3.63) is 34.0 Å². The van der Waals surface area contributed by atoms with Crippen LogP contribution >= 0.6 is 27.5 Å². The molecular formula is C18H16BrClN6. The summed E-state index contributed by atoms with van der Waals surface area (Å²) in [4.78, 5) is 17.4. The Kier molecular flexibility index (Phi) is 4.88. The molecule has 0 spiro atoms. The Morgan fingerprint density at radius 1 is 1.19 bits per heavy atom. The molecule has 8 heteroatoms. The van der Waals surface area contributed by atoms with Gasteiger partial charge in [0.15, 0.2) is 10.4 Å². The molecule has 0 aliphatic heterocycles. The van der Waals surface area contributed by atoms with Crippen molar-refractivity contribution < 1.29 is 0 Å². The molecule has 0 radical (unpaired) electrons. The normalized spacial score (nSPS) is 15.3. The summed E-state index contributed by atoms with van der Waals surface area (Å²) in [6.07, 6.45) is 9.57. The van der Waals surface area contributed by atoms with Gasteiger partial charge in [-0.1, -0.05) is 30.9 Å². The van der Waals surface area contributed by atoms with Crippen LogP contribution in [0, 0.1) is 17.2 Å². The smallest absolute Gasteiger partial charge is 0.234 e. The molecule has 1 saturated carbocycles. The number of aromatic nitrogens is 5. The summed E-state index contributed by atoms with van der Waals surface area (Å²) in [5, 5.41) is 9.82. The average Bonchev–Trinajstić information content (AvgIpc) is 2.97. The number of imidazole rings is 1. The van der Waals surface area contributed by atoms with Crippen molar-refractivity contribution in [3.8, 4) is 17.3 Å². The van der Waals surface area contributed by atoms with E-state index in [0.717, 1.165) is 17.6 Å². The maximum atomic E-state index is 9.30. The summed E-state index contributed by atoms with van der Waals surface area (Å²) >= 11 is 9.68. The molecule has 0 aromatic carbocycles. The van der Waals surface area contributed by atoms with Crippen molar-refractivity contribution in [2.75, 3.05) is 0 Å². The molecule has 3 aromatic rings. The lowest BCUT2D eigenvalue weighted by Crippen LogP contribution is -2.14. The van der Waals surface area contributed by atoms with E-state index in [1.807, 2.05) is 6.07 Å². The van der Waals surface area contributed by atoms with E-state index in [1.165, 1.54) is 32.1 Å². The van der Waals surface area contributed by atoms with Gasteiger partial charge in [-0.25, -0.2) is 9.97 Å². The Hall–Kier alpha value is -2.04. The van der Waals surface area contributed by atoms with Gasteiger partial charge in [0.05, 0.1) is 5.02 Å². The van der Waals surface area contributed by atoms with E-state index in [1.54, 1.807) is 18.5 Å². The molecule has 6 nitrogen and oxygen atoms in total. The first-order valence-electron chi connectivity index (χ1n) is 8.60. The van der Waals surface area contributed by atoms with Gasteiger partial charge in [0, 0.05) is 24.5 Å². The van der Waals surface area contributed by atoms with E-state index in [4.69, 9.17) is 11.6 Å². The van der Waals surface area contributed by atoms with E-state index in [-0.39, 0.29) is 5.82 Å². The van der Waals surface area contributed by atoms with Crippen molar-refractivity contribution in [3.63, 3.8) is 0 Å². The topological polar surface area (TPSA) is 80.3 Å². The minimum Gasteiger partial charge on any atom is -0.315 e. The second-order valence-corrected chi connectivity index (χ2v) is 7.71. The van der Waals surface area contributed by atoms with Gasteiger partial charge in [-0.3, -0.25) is 4.98 Å². The summed E-state index contributed by atoms with van der Waals surface area (Å²) in [7, 11) is 0. The van der Waals surface area contributed by atoms with E-state index in [2.05, 4.69) is 40.4 Å². The molecule has 0 saturated heterocycles. The Balaban J connectivity index is 1.89. The van der Waals surface area contributed by atoms with Gasteiger partial charge in [0.25, 0.3) is 0 Å². The number of nitriles is 1. The number of pyridine rings is 1. The first-order chi connectivity index (χ1) is 12.7. The first-order valence-corrected chi connectivity index (χ1v) is 9.77. The quantitative estimate of drug-likeness (QED) is 0.559. The van der Waals surface area contributed by atoms with Crippen molar-refractivity contribution in [1.82, 2.24) is 24.5 Å². The average molecular weight is 432 g/mol. The lowest BCUT2D eigenvalue weighted by atomic mass is 9.89. The Morgan fingerprint density at radius 3 is 2.73 bits per heavy atom. The van der Waals surface area contributed by atoms with Gasteiger partial charge >= 0.3 is 0 Å². The van der Waals surface area contributed by atoms with Crippen molar-refractivity contribution in [2.24, 2.45) is 5.92 Å². The number of hydrogen-bond acceptors (Lipinski definition) is 5. The van der Waals surface area contributed by atoms with E-state index >= 15 is 0 Å². The third kappa shape index (κ3) is 3.31. The van der Waals surface area contributed by atoms with Gasteiger partial charge in [-0.15, -0.1) is 0 Å². The second kappa shape index (κ2) is 7.29. The third-order valence-corrected chi connectivity index (χ3v) is 5.61. The second-order valence-electron chi connectivity index (χ2n) is 6.57. The van der Waals surface area contributed by atoms with Crippen LogP contribution in [0.15, 0.2) is 23.2 Å². The standard InChI is InChI=1S/C18H16BrClN6/c19-18-25-17-16(26(18)10-11-4-2-1-3-5-11)15(23-14(7-21)24-17)12-6-13(20)9-22-8-12/h6,8-9,11H,1-5,10H2. The number of fused-ring (bicyclic) bond motifs is 1. The highest BCUT2D eigenvalue weighted by Crippen LogP contribution is 2.32. The van der Waals surface area contributed by atoms with E-state index in [9.17, 15) is 5.26 Å². The number of halogens is 2. The molecule has 1 aliphatic rings. The third-order valence-electron chi connectivity index (χ3n) is 4.80. The molecule has 0 bridgehead atoms. The van der Waals surface area contributed by atoms with Gasteiger partial charge in [-0.2, -0.15) is 10.2 Å². The van der Waals surface area contributed by atoms with Crippen LogP contribution < -0.4 is 0 Å². The number of hydrogen-bond donors (Lipinski definition) is 0. The lowest BCUT2D eigenvalue weighted by Gasteiger charge is -2.22. The summed E-state index contributed by atoms with van der Waals surface area (Å²) in [6, 6.07) is 3.81. The summed E-state index contributed by atoms with van der Waals surface area (Å²) < 4.78 is 2.82. The van der Waals surface area contributed by atoms with E-state index < -0.39 is 0 Å². The van der Waals surface area contributed by atoms with Gasteiger partial charge in [0.1, 0.15) is 17.3 Å². The van der Waals surface area contributed by atoms with Crippen LogP contribution in [-0.2, 0) is 6.54 Å². The van der Waals surface area contributed by atoms with Gasteiger partial charge < -0.3 is 4.57 Å². The highest BCUT2D eigenvalue weighted by Gasteiger charge is 2.22. The molecule has 3 aromatic heterocycles. The van der Waals surface area contributed by atoms with E-state index in [0.29, 0.717) is 27.0 Å². The molecular weight excluding hydrogens is 416 g/mol. The largest absolute Gasteiger partial charge is 0.315 e. The zero-order chi connectivity index (χ0) is 18.1. The molecule has 26 heavy (non-hydrogen) atoms. The zero-order valence-electron chi connectivity index (χ0n) is 14.0. The molecule has 1 aliphatic carbocycles. The fraction of sp³-hybridized carbons (Fsp3) is 0.389. The van der Waals surface area contributed by atoms with Crippen LogP contribution in [0.25, 0.3) is 22.4 Å². The highest BCUT2D eigenvalue weighted by atomic mass is 79.9. The number of nitrogens with zero attached hydrogens (tertiary/aromatic N) is 6. The van der Waals surface area contributed by atoms with Crippen LogP contribution in [0.4, 0.5) is 0 Å². The zero-order valence-corrected chi connectivity index (χ0v) is 16.3. The predicted octanol–water partition coefficient (Wildman–Crippen LogP) is 4.76. The fourth-order valence-corrected chi connectivity index (χ4v) is 4.26. The SMILES string of the molecule is N#Cc1nc(-c2cncc(Cl)c2)c2c(n1)nc(Br)n2CC1CCCCC1. The summed E-state index contributed by atoms with van der Waals surface area (Å²) in [5.74, 6) is 0.695. The van der Waals surface area contributed by atoms with Gasteiger partial charge in [0.2, 0.25) is 5.82 Å². The van der Waals surface area contributed by atoms with Gasteiger partial charge in [-0.05, 0) is 40.8 Å². The van der Waals surface area contributed by atoms with Crippen molar-refractivity contribution in [2.45, 2.75) is 38.6 Å². The van der Waals surface area contributed by atoms with Crippen LogP contribution in [0.3, 0.4) is 0 Å².